The van der Waals surface area contributed by atoms with Crippen molar-refractivity contribution in [1.82, 2.24) is 5.32 Å². The van der Waals surface area contributed by atoms with Crippen molar-refractivity contribution < 1.29 is 14.0 Å². The molecule has 0 spiro atoms. The van der Waals surface area contributed by atoms with Gasteiger partial charge in [0.25, 0.3) is 5.91 Å². The molecule has 2 heterocycles. The predicted molar refractivity (Wildman–Crippen MR) is 73.7 cm³/mol. The van der Waals surface area contributed by atoms with Crippen molar-refractivity contribution >= 4 is 29.1 Å². The molecule has 0 unspecified atom stereocenters. The average molecular weight is 291 g/mol. The molecule has 0 atom stereocenters. The number of nitrogens with one attached hydrogen (secondary N) is 1. The van der Waals surface area contributed by atoms with Crippen molar-refractivity contribution in [1.29, 1.82) is 0 Å². The highest BCUT2D eigenvalue weighted by Crippen LogP contribution is 2.26. The number of anilines is 1. The zero-order valence-electron chi connectivity index (χ0n) is 10.4. The number of benzene rings is 1. The smallest absolute Gasteiger partial charge is 0.289 e. The zero-order valence-corrected chi connectivity index (χ0v) is 11.2. The van der Waals surface area contributed by atoms with Gasteiger partial charge in [0.2, 0.25) is 11.7 Å². The van der Waals surface area contributed by atoms with Gasteiger partial charge in [0, 0.05) is 11.1 Å². The van der Waals surface area contributed by atoms with E-state index in [1.807, 2.05) is 12.1 Å². The molecule has 0 fully saturated rings. The van der Waals surface area contributed by atoms with Gasteiger partial charge >= 0.3 is 0 Å². The summed E-state index contributed by atoms with van der Waals surface area (Å²) >= 11 is 5.84. The largest absolute Gasteiger partial charge is 0.457 e. The molecular weight excluding hydrogens is 280 g/mol. The van der Waals surface area contributed by atoms with E-state index in [2.05, 4.69) is 5.32 Å². The lowest BCUT2D eigenvalue weighted by Gasteiger charge is -2.19. The van der Waals surface area contributed by atoms with E-state index < -0.39 is 0 Å². The van der Waals surface area contributed by atoms with Crippen molar-refractivity contribution in [2.45, 2.75) is 6.54 Å². The molecule has 1 aliphatic rings. The summed E-state index contributed by atoms with van der Waals surface area (Å²) in [6.07, 6.45) is 1.40. The van der Waals surface area contributed by atoms with Crippen LogP contribution in [0.15, 0.2) is 41.0 Å². The minimum Gasteiger partial charge on any atom is -0.457 e. The van der Waals surface area contributed by atoms with Gasteiger partial charge in [-0.3, -0.25) is 9.59 Å². The van der Waals surface area contributed by atoms with Gasteiger partial charge in [-0.1, -0.05) is 23.7 Å². The topological polar surface area (TPSA) is 62.6 Å². The average Bonchev–Trinajstić information content (AvgIpc) is 2.89. The number of rotatable bonds is 2. The van der Waals surface area contributed by atoms with Gasteiger partial charge in [-0.15, -0.1) is 0 Å². The van der Waals surface area contributed by atoms with Crippen LogP contribution < -0.4 is 10.2 Å². The normalized spacial score (nSPS) is 14.8. The van der Waals surface area contributed by atoms with Gasteiger partial charge in [0.05, 0.1) is 25.0 Å². The Balaban J connectivity index is 1.95. The Morgan fingerprint density at radius 1 is 1.20 bits per heavy atom. The molecule has 1 aromatic heterocycles. The zero-order chi connectivity index (χ0) is 14.1. The van der Waals surface area contributed by atoms with Crippen LogP contribution in [0.25, 0.3) is 0 Å². The van der Waals surface area contributed by atoms with Gasteiger partial charge in [0.15, 0.2) is 0 Å². The van der Waals surface area contributed by atoms with E-state index in [0.29, 0.717) is 17.3 Å². The van der Waals surface area contributed by atoms with Gasteiger partial charge in [0.1, 0.15) is 0 Å². The van der Waals surface area contributed by atoms with E-state index in [1.165, 1.54) is 11.2 Å². The van der Waals surface area contributed by atoms with Crippen molar-refractivity contribution in [3.05, 3.63) is 52.9 Å². The fourth-order valence-corrected chi connectivity index (χ4v) is 2.22. The minimum absolute atomic E-state index is 0.0450. The summed E-state index contributed by atoms with van der Waals surface area (Å²) in [4.78, 5) is 25.4. The molecule has 1 N–H and O–H groups in total. The van der Waals surface area contributed by atoms with Gasteiger partial charge in [-0.05, 0) is 17.7 Å². The Labute approximate surface area is 120 Å². The summed E-state index contributed by atoms with van der Waals surface area (Å²) in [7, 11) is 0. The molecular formula is C14H11ClN2O3. The molecule has 0 bridgehead atoms. The highest BCUT2D eigenvalue weighted by molar-refractivity contribution is 6.30. The first-order valence-corrected chi connectivity index (χ1v) is 6.43. The van der Waals surface area contributed by atoms with Gasteiger partial charge < -0.3 is 14.6 Å². The first-order valence-electron chi connectivity index (χ1n) is 6.05. The highest BCUT2D eigenvalue weighted by atomic mass is 35.5. The monoisotopic (exact) mass is 290 g/mol. The molecule has 102 valence electrons. The molecule has 2 aromatic rings. The molecule has 3 rings (SSSR count). The maximum Gasteiger partial charge on any atom is 0.289 e. The number of hydrogen-bond donors (Lipinski definition) is 1. The van der Waals surface area contributed by atoms with Crippen LogP contribution in [0.4, 0.5) is 5.69 Å². The van der Waals surface area contributed by atoms with Crippen LogP contribution in [0.1, 0.15) is 16.1 Å². The lowest BCUT2D eigenvalue weighted by Crippen LogP contribution is -2.36. The van der Waals surface area contributed by atoms with Crippen LogP contribution in [0.5, 0.6) is 0 Å². The molecule has 0 aliphatic carbocycles. The number of amides is 2. The molecule has 6 heteroatoms. The van der Waals surface area contributed by atoms with E-state index >= 15 is 0 Å². The van der Waals surface area contributed by atoms with E-state index in [4.69, 9.17) is 16.0 Å². The van der Waals surface area contributed by atoms with Gasteiger partial charge in [-0.25, -0.2) is 0 Å². The molecule has 0 saturated heterocycles. The van der Waals surface area contributed by atoms with Gasteiger partial charge in [-0.2, -0.15) is 0 Å². The number of furan rings is 1. The Kier molecular flexibility index (Phi) is 3.20. The Morgan fingerprint density at radius 3 is 2.70 bits per heavy atom. The van der Waals surface area contributed by atoms with Crippen molar-refractivity contribution in [2.75, 3.05) is 11.4 Å². The highest BCUT2D eigenvalue weighted by Gasteiger charge is 2.28. The lowest BCUT2D eigenvalue weighted by atomic mass is 10.2. The number of hydrogen-bond acceptors (Lipinski definition) is 3. The molecule has 1 aliphatic heterocycles. The summed E-state index contributed by atoms with van der Waals surface area (Å²) in [6.45, 7) is 0.314. The Hall–Kier alpha value is -2.27. The number of carbonyl (C=O) groups excluding carboxylic acids is 2. The number of nitrogens with zero attached hydrogens (tertiary/aromatic N) is 1. The second-order valence-corrected chi connectivity index (χ2v) is 4.86. The summed E-state index contributed by atoms with van der Waals surface area (Å²) in [5, 5.41) is 3.15. The van der Waals surface area contributed by atoms with Crippen LogP contribution in [0.3, 0.4) is 0 Å². The van der Waals surface area contributed by atoms with Crippen molar-refractivity contribution in [2.24, 2.45) is 0 Å². The summed E-state index contributed by atoms with van der Waals surface area (Å²) in [5.41, 5.74) is 1.41. The van der Waals surface area contributed by atoms with Crippen LogP contribution in [0.2, 0.25) is 5.02 Å². The van der Waals surface area contributed by atoms with Crippen LogP contribution in [-0.4, -0.2) is 18.4 Å². The quantitative estimate of drug-likeness (QED) is 0.922. The molecule has 0 radical (unpaired) electrons. The Morgan fingerprint density at radius 2 is 1.95 bits per heavy atom. The fraction of sp³-hybridized carbons (Fsp3) is 0.143. The second-order valence-electron chi connectivity index (χ2n) is 4.42. The fourth-order valence-electron chi connectivity index (χ4n) is 2.10. The third-order valence-electron chi connectivity index (χ3n) is 3.10. The van der Waals surface area contributed by atoms with E-state index in [-0.39, 0.29) is 24.1 Å². The molecule has 0 saturated carbocycles. The number of halogens is 1. The minimum atomic E-state index is -0.378. The first kappa shape index (κ1) is 12.7. The SMILES string of the molecule is O=C1NCC(=O)N(Cc2ccc(Cl)cc2)c2ccoc21. The molecule has 5 nitrogen and oxygen atoms in total. The molecule has 20 heavy (non-hydrogen) atoms. The maximum absolute atomic E-state index is 12.1. The van der Waals surface area contributed by atoms with E-state index in [0.717, 1.165) is 5.56 Å². The third-order valence-corrected chi connectivity index (χ3v) is 3.35. The predicted octanol–water partition coefficient (Wildman–Crippen LogP) is 2.21. The van der Waals surface area contributed by atoms with E-state index in [9.17, 15) is 9.59 Å². The third kappa shape index (κ3) is 2.28. The number of carbonyl (C=O) groups is 2. The molecule has 1 aromatic carbocycles. The van der Waals surface area contributed by atoms with Crippen molar-refractivity contribution in [3.63, 3.8) is 0 Å². The van der Waals surface area contributed by atoms with Crippen LogP contribution in [0, 0.1) is 0 Å². The van der Waals surface area contributed by atoms with Crippen molar-refractivity contribution in [3.8, 4) is 0 Å². The first-order chi connectivity index (χ1) is 9.65. The summed E-state index contributed by atoms with van der Waals surface area (Å²) < 4.78 is 5.16. The Bertz CT molecular complexity index is 663. The summed E-state index contributed by atoms with van der Waals surface area (Å²) in [6, 6.07) is 8.83. The molecule has 2 amide bonds. The van der Waals surface area contributed by atoms with E-state index in [1.54, 1.807) is 18.2 Å². The van der Waals surface area contributed by atoms with Crippen LogP contribution in [-0.2, 0) is 11.3 Å². The standard InChI is InChI=1S/C14H11ClN2O3/c15-10-3-1-9(2-4-10)8-17-11-5-6-20-13(11)14(19)16-7-12(17)18/h1-6H,7-8H2,(H,16,19). The lowest BCUT2D eigenvalue weighted by molar-refractivity contribution is -0.117. The maximum atomic E-state index is 12.1. The second kappa shape index (κ2) is 5.02. The summed E-state index contributed by atoms with van der Waals surface area (Å²) in [5.74, 6) is -0.407. The number of fused-ring (bicyclic) bond motifs is 1. The van der Waals surface area contributed by atoms with Crippen LogP contribution >= 0.6 is 11.6 Å².